The van der Waals surface area contributed by atoms with E-state index in [4.69, 9.17) is 0 Å². The lowest BCUT2D eigenvalue weighted by molar-refractivity contribution is -0.136. The summed E-state index contributed by atoms with van der Waals surface area (Å²) < 4.78 is 40.3. The first-order chi connectivity index (χ1) is 10.4. The number of halogens is 3. The second kappa shape index (κ2) is 4.87. The van der Waals surface area contributed by atoms with Gasteiger partial charge in [-0.05, 0) is 12.1 Å². The minimum absolute atomic E-state index is 0.120. The Morgan fingerprint density at radius 3 is 2.36 bits per heavy atom. The number of hydrogen-bond acceptors (Lipinski definition) is 2. The van der Waals surface area contributed by atoms with Crippen molar-refractivity contribution in [2.75, 3.05) is 0 Å². The van der Waals surface area contributed by atoms with Crippen LogP contribution in [0.15, 0.2) is 48.7 Å². The zero-order chi connectivity index (χ0) is 15.9. The SMILES string of the molecule is O=C(O)c1nc2c(C(F)(F)F)cccn2c1-c1ccccc1. The van der Waals surface area contributed by atoms with E-state index in [2.05, 4.69) is 4.98 Å². The number of rotatable bonds is 2. The number of nitrogens with zero attached hydrogens (tertiary/aromatic N) is 2. The highest BCUT2D eigenvalue weighted by Crippen LogP contribution is 2.34. The molecule has 0 saturated carbocycles. The molecule has 112 valence electrons. The molecule has 0 radical (unpaired) electrons. The van der Waals surface area contributed by atoms with Gasteiger partial charge in [-0.1, -0.05) is 30.3 Å². The highest BCUT2D eigenvalue weighted by Gasteiger charge is 2.35. The predicted molar refractivity (Wildman–Crippen MR) is 72.6 cm³/mol. The quantitative estimate of drug-likeness (QED) is 0.785. The fourth-order valence-corrected chi connectivity index (χ4v) is 2.31. The maximum absolute atomic E-state index is 13.1. The summed E-state index contributed by atoms with van der Waals surface area (Å²) in [6.07, 6.45) is -3.25. The molecule has 1 N–H and O–H groups in total. The molecule has 0 aliphatic carbocycles. The van der Waals surface area contributed by atoms with Crippen LogP contribution in [-0.4, -0.2) is 20.5 Å². The largest absolute Gasteiger partial charge is 0.476 e. The van der Waals surface area contributed by atoms with Crippen LogP contribution in [0.2, 0.25) is 0 Å². The van der Waals surface area contributed by atoms with Crippen molar-refractivity contribution in [1.29, 1.82) is 0 Å². The molecule has 0 aliphatic heterocycles. The van der Waals surface area contributed by atoms with Crippen LogP contribution in [0.5, 0.6) is 0 Å². The monoisotopic (exact) mass is 306 g/mol. The van der Waals surface area contributed by atoms with Crippen LogP contribution in [0, 0.1) is 0 Å². The Morgan fingerprint density at radius 2 is 1.77 bits per heavy atom. The maximum Gasteiger partial charge on any atom is 0.419 e. The smallest absolute Gasteiger partial charge is 0.419 e. The first kappa shape index (κ1) is 14.1. The summed E-state index contributed by atoms with van der Waals surface area (Å²) in [5.41, 5.74) is -1.21. The van der Waals surface area contributed by atoms with E-state index in [0.717, 1.165) is 10.5 Å². The van der Waals surface area contributed by atoms with Gasteiger partial charge in [-0.25, -0.2) is 9.78 Å². The number of aromatic nitrogens is 2. The maximum atomic E-state index is 13.1. The van der Waals surface area contributed by atoms with E-state index in [1.165, 1.54) is 12.3 Å². The molecular formula is C15H9F3N2O2. The Morgan fingerprint density at radius 1 is 1.09 bits per heavy atom. The van der Waals surface area contributed by atoms with Gasteiger partial charge in [0.15, 0.2) is 11.3 Å². The second-order valence-electron chi connectivity index (χ2n) is 4.59. The van der Waals surface area contributed by atoms with E-state index < -0.39 is 29.1 Å². The van der Waals surface area contributed by atoms with Crippen molar-refractivity contribution >= 4 is 11.6 Å². The van der Waals surface area contributed by atoms with Gasteiger partial charge in [-0.3, -0.25) is 4.40 Å². The van der Waals surface area contributed by atoms with E-state index in [0.29, 0.717) is 5.56 Å². The number of imidazole rings is 1. The van der Waals surface area contributed by atoms with Crippen LogP contribution < -0.4 is 0 Å². The molecule has 0 amide bonds. The molecular weight excluding hydrogens is 297 g/mol. The van der Waals surface area contributed by atoms with Crippen LogP contribution in [0.1, 0.15) is 16.1 Å². The van der Waals surface area contributed by atoms with Gasteiger partial charge in [0.25, 0.3) is 0 Å². The van der Waals surface area contributed by atoms with Crippen LogP contribution >= 0.6 is 0 Å². The minimum Gasteiger partial charge on any atom is -0.476 e. The summed E-state index contributed by atoms with van der Waals surface area (Å²) in [6, 6.07) is 10.4. The summed E-state index contributed by atoms with van der Waals surface area (Å²) >= 11 is 0. The third kappa shape index (κ3) is 2.20. The van der Waals surface area contributed by atoms with Crippen LogP contribution in [-0.2, 0) is 6.18 Å². The van der Waals surface area contributed by atoms with E-state index in [-0.39, 0.29) is 5.69 Å². The number of carbonyl (C=O) groups is 1. The molecule has 0 saturated heterocycles. The summed E-state index contributed by atoms with van der Waals surface area (Å²) in [7, 11) is 0. The first-order valence-electron chi connectivity index (χ1n) is 6.26. The minimum atomic E-state index is -4.61. The molecule has 0 atom stereocenters. The van der Waals surface area contributed by atoms with Gasteiger partial charge in [-0.2, -0.15) is 13.2 Å². The third-order valence-corrected chi connectivity index (χ3v) is 3.21. The lowest BCUT2D eigenvalue weighted by atomic mass is 10.1. The molecule has 0 aliphatic rings. The summed E-state index contributed by atoms with van der Waals surface area (Å²) in [5, 5.41) is 9.26. The highest BCUT2D eigenvalue weighted by molar-refractivity contribution is 5.94. The Hall–Kier alpha value is -2.83. The molecule has 1 aromatic carbocycles. The van der Waals surface area contributed by atoms with Gasteiger partial charge in [0, 0.05) is 11.8 Å². The van der Waals surface area contributed by atoms with Crippen molar-refractivity contribution in [3.05, 3.63) is 59.9 Å². The predicted octanol–water partition coefficient (Wildman–Crippen LogP) is 3.72. The van der Waals surface area contributed by atoms with Crippen molar-refractivity contribution in [3.8, 4) is 11.3 Å². The van der Waals surface area contributed by atoms with Crippen molar-refractivity contribution in [1.82, 2.24) is 9.38 Å². The highest BCUT2D eigenvalue weighted by atomic mass is 19.4. The Bertz CT molecular complexity index is 854. The zero-order valence-corrected chi connectivity index (χ0v) is 11.0. The molecule has 2 aromatic heterocycles. The zero-order valence-electron chi connectivity index (χ0n) is 11.0. The topological polar surface area (TPSA) is 54.6 Å². The van der Waals surface area contributed by atoms with Crippen LogP contribution in [0.4, 0.5) is 13.2 Å². The number of carboxylic acids is 1. The Kier molecular flexibility index (Phi) is 3.13. The lowest BCUT2D eigenvalue weighted by Gasteiger charge is -2.08. The van der Waals surface area contributed by atoms with E-state index >= 15 is 0 Å². The van der Waals surface area contributed by atoms with Gasteiger partial charge in [0.1, 0.15) is 0 Å². The molecule has 7 heteroatoms. The molecule has 4 nitrogen and oxygen atoms in total. The van der Waals surface area contributed by atoms with Crippen molar-refractivity contribution in [3.63, 3.8) is 0 Å². The van der Waals surface area contributed by atoms with Crippen molar-refractivity contribution < 1.29 is 23.1 Å². The summed E-state index contributed by atoms with van der Waals surface area (Å²) in [6.45, 7) is 0. The van der Waals surface area contributed by atoms with Crippen LogP contribution in [0.25, 0.3) is 16.9 Å². The van der Waals surface area contributed by atoms with Gasteiger partial charge in [0.2, 0.25) is 0 Å². The van der Waals surface area contributed by atoms with Crippen LogP contribution in [0.3, 0.4) is 0 Å². The van der Waals surface area contributed by atoms with Gasteiger partial charge >= 0.3 is 12.1 Å². The molecule has 0 bridgehead atoms. The number of alkyl halides is 3. The number of benzene rings is 1. The number of hydrogen-bond donors (Lipinski definition) is 1. The molecule has 0 fully saturated rings. The summed E-state index contributed by atoms with van der Waals surface area (Å²) in [5.74, 6) is -1.38. The first-order valence-corrected chi connectivity index (χ1v) is 6.26. The number of pyridine rings is 1. The molecule has 0 unspecified atom stereocenters. The molecule has 3 aromatic rings. The number of carboxylic acid groups (broad SMARTS) is 1. The molecule has 22 heavy (non-hydrogen) atoms. The normalized spacial score (nSPS) is 11.8. The van der Waals surface area contributed by atoms with Gasteiger partial charge < -0.3 is 5.11 Å². The van der Waals surface area contributed by atoms with E-state index in [9.17, 15) is 23.1 Å². The fraction of sp³-hybridized carbons (Fsp3) is 0.0667. The average molecular weight is 306 g/mol. The Labute approximate surface area is 122 Å². The number of aromatic carboxylic acids is 1. The molecule has 2 heterocycles. The lowest BCUT2D eigenvalue weighted by Crippen LogP contribution is -2.07. The Balaban J connectivity index is 2.41. The van der Waals surface area contributed by atoms with Crippen molar-refractivity contribution in [2.24, 2.45) is 0 Å². The third-order valence-electron chi connectivity index (χ3n) is 3.21. The van der Waals surface area contributed by atoms with E-state index in [1.54, 1.807) is 30.3 Å². The van der Waals surface area contributed by atoms with Gasteiger partial charge in [-0.15, -0.1) is 0 Å². The summed E-state index contributed by atoms with van der Waals surface area (Å²) in [4.78, 5) is 15.1. The average Bonchev–Trinajstić information content (AvgIpc) is 2.86. The van der Waals surface area contributed by atoms with E-state index in [1.807, 2.05) is 0 Å². The fourth-order valence-electron chi connectivity index (χ4n) is 2.31. The second-order valence-corrected chi connectivity index (χ2v) is 4.59. The molecule has 0 spiro atoms. The standard InChI is InChI=1S/C15H9F3N2O2/c16-15(17,18)10-7-4-8-20-12(9-5-2-1-3-6-9)11(14(21)22)19-13(10)20/h1-8H,(H,21,22). The van der Waals surface area contributed by atoms with Gasteiger partial charge in [0.05, 0.1) is 11.3 Å². The van der Waals surface area contributed by atoms with Crippen molar-refractivity contribution in [2.45, 2.75) is 6.18 Å². The number of fused-ring (bicyclic) bond motifs is 1. The molecule has 3 rings (SSSR count).